The summed E-state index contributed by atoms with van der Waals surface area (Å²) in [6.45, 7) is 5.28. The predicted octanol–water partition coefficient (Wildman–Crippen LogP) is 0.609. The van der Waals surface area contributed by atoms with Crippen LogP contribution >= 0.6 is 0 Å². The SMILES string of the molecule is CN1CCN(Cc2occc2N)CC1. The molecule has 1 aliphatic heterocycles. The van der Waals surface area contributed by atoms with Crippen LogP contribution in [-0.4, -0.2) is 43.0 Å². The van der Waals surface area contributed by atoms with Gasteiger partial charge in [-0.1, -0.05) is 0 Å². The maximum atomic E-state index is 5.75. The Morgan fingerprint density at radius 3 is 2.64 bits per heavy atom. The Kier molecular flexibility index (Phi) is 2.74. The Morgan fingerprint density at radius 1 is 1.36 bits per heavy atom. The van der Waals surface area contributed by atoms with Crippen LogP contribution in [0.3, 0.4) is 0 Å². The topological polar surface area (TPSA) is 45.6 Å². The van der Waals surface area contributed by atoms with E-state index in [9.17, 15) is 0 Å². The number of anilines is 1. The summed E-state index contributed by atoms with van der Waals surface area (Å²) in [5.41, 5.74) is 6.52. The normalized spacial score (nSPS) is 20.1. The van der Waals surface area contributed by atoms with E-state index in [0.717, 1.165) is 44.2 Å². The smallest absolute Gasteiger partial charge is 0.140 e. The van der Waals surface area contributed by atoms with E-state index in [1.54, 1.807) is 6.26 Å². The molecule has 1 aromatic rings. The molecule has 0 spiro atoms. The van der Waals surface area contributed by atoms with Gasteiger partial charge in [-0.15, -0.1) is 0 Å². The van der Waals surface area contributed by atoms with E-state index in [1.165, 1.54) is 0 Å². The summed E-state index contributed by atoms with van der Waals surface area (Å²) < 4.78 is 5.31. The minimum atomic E-state index is 0.768. The first kappa shape index (κ1) is 9.55. The van der Waals surface area contributed by atoms with Crippen LogP contribution in [0, 0.1) is 0 Å². The van der Waals surface area contributed by atoms with Crippen LogP contribution in [0.25, 0.3) is 0 Å². The Bertz CT molecular complexity index is 289. The van der Waals surface area contributed by atoms with Gasteiger partial charge in [0, 0.05) is 26.2 Å². The molecule has 14 heavy (non-hydrogen) atoms. The van der Waals surface area contributed by atoms with E-state index >= 15 is 0 Å². The summed E-state index contributed by atoms with van der Waals surface area (Å²) >= 11 is 0. The van der Waals surface area contributed by atoms with Crippen LogP contribution in [-0.2, 0) is 6.54 Å². The summed E-state index contributed by atoms with van der Waals surface area (Å²) in [4.78, 5) is 4.71. The van der Waals surface area contributed by atoms with Crippen LogP contribution in [0.1, 0.15) is 5.76 Å². The quantitative estimate of drug-likeness (QED) is 0.751. The van der Waals surface area contributed by atoms with Crippen molar-refractivity contribution in [3.8, 4) is 0 Å². The molecular weight excluding hydrogens is 178 g/mol. The molecule has 1 fully saturated rings. The fraction of sp³-hybridized carbons (Fsp3) is 0.600. The van der Waals surface area contributed by atoms with Gasteiger partial charge >= 0.3 is 0 Å². The van der Waals surface area contributed by atoms with Gasteiger partial charge in [-0.25, -0.2) is 0 Å². The summed E-state index contributed by atoms with van der Waals surface area (Å²) in [5, 5.41) is 0. The second-order valence-electron chi connectivity index (χ2n) is 3.88. The number of nitrogens with zero attached hydrogens (tertiary/aromatic N) is 2. The first-order chi connectivity index (χ1) is 6.75. The summed E-state index contributed by atoms with van der Waals surface area (Å²) in [5.74, 6) is 0.898. The zero-order chi connectivity index (χ0) is 9.97. The molecule has 4 nitrogen and oxygen atoms in total. The fourth-order valence-electron chi connectivity index (χ4n) is 1.69. The van der Waals surface area contributed by atoms with Crippen molar-refractivity contribution in [1.82, 2.24) is 9.80 Å². The lowest BCUT2D eigenvalue weighted by Crippen LogP contribution is -2.43. The lowest BCUT2D eigenvalue weighted by atomic mass is 10.3. The number of hydrogen-bond donors (Lipinski definition) is 1. The molecular formula is C10H17N3O. The first-order valence-corrected chi connectivity index (χ1v) is 4.98. The molecule has 2 N–H and O–H groups in total. The minimum absolute atomic E-state index is 0.768. The maximum absolute atomic E-state index is 5.75. The number of hydrogen-bond acceptors (Lipinski definition) is 4. The molecule has 78 valence electrons. The van der Waals surface area contributed by atoms with Crippen LogP contribution in [0.5, 0.6) is 0 Å². The Labute approximate surface area is 84.3 Å². The largest absolute Gasteiger partial charge is 0.466 e. The van der Waals surface area contributed by atoms with Gasteiger partial charge in [0.25, 0.3) is 0 Å². The second kappa shape index (κ2) is 4.02. The molecule has 1 saturated heterocycles. The van der Waals surface area contributed by atoms with Gasteiger partial charge in [-0.3, -0.25) is 4.90 Å². The predicted molar refractivity (Wildman–Crippen MR) is 55.9 cm³/mol. The van der Waals surface area contributed by atoms with Crippen molar-refractivity contribution in [3.63, 3.8) is 0 Å². The van der Waals surface area contributed by atoms with Gasteiger partial charge in [0.15, 0.2) is 0 Å². The standard InChI is InChI=1S/C10H17N3O/c1-12-3-5-13(6-4-12)8-10-9(11)2-7-14-10/h2,7H,3-6,8,11H2,1H3. The van der Waals surface area contributed by atoms with E-state index in [4.69, 9.17) is 10.2 Å². The van der Waals surface area contributed by atoms with Crippen molar-refractivity contribution in [3.05, 3.63) is 18.1 Å². The molecule has 2 heterocycles. The minimum Gasteiger partial charge on any atom is -0.466 e. The molecule has 2 rings (SSSR count). The number of nitrogens with two attached hydrogens (primary N) is 1. The van der Waals surface area contributed by atoms with Crippen molar-refractivity contribution in [1.29, 1.82) is 0 Å². The first-order valence-electron chi connectivity index (χ1n) is 4.98. The summed E-state index contributed by atoms with van der Waals surface area (Å²) in [6, 6.07) is 1.81. The molecule has 0 bridgehead atoms. The third kappa shape index (κ3) is 2.08. The number of rotatable bonds is 2. The van der Waals surface area contributed by atoms with Crippen LogP contribution < -0.4 is 5.73 Å². The van der Waals surface area contributed by atoms with E-state index in [-0.39, 0.29) is 0 Å². The molecule has 0 amide bonds. The molecule has 4 heteroatoms. The van der Waals surface area contributed by atoms with Crippen molar-refractivity contribution in [2.45, 2.75) is 6.54 Å². The van der Waals surface area contributed by atoms with E-state index < -0.39 is 0 Å². The van der Waals surface area contributed by atoms with Gasteiger partial charge in [-0.2, -0.15) is 0 Å². The molecule has 0 radical (unpaired) electrons. The highest BCUT2D eigenvalue weighted by atomic mass is 16.3. The fourth-order valence-corrected chi connectivity index (χ4v) is 1.69. The second-order valence-corrected chi connectivity index (χ2v) is 3.88. The molecule has 0 saturated carbocycles. The van der Waals surface area contributed by atoms with Crippen molar-refractivity contribution < 1.29 is 4.42 Å². The Hall–Kier alpha value is -1.00. The molecule has 1 aromatic heterocycles. The highest BCUT2D eigenvalue weighted by Gasteiger charge is 2.15. The van der Waals surface area contributed by atoms with Crippen LogP contribution in [0.4, 0.5) is 5.69 Å². The zero-order valence-electron chi connectivity index (χ0n) is 8.57. The Morgan fingerprint density at radius 2 is 2.07 bits per heavy atom. The van der Waals surface area contributed by atoms with Crippen molar-refractivity contribution in [2.24, 2.45) is 0 Å². The van der Waals surface area contributed by atoms with Gasteiger partial charge < -0.3 is 15.1 Å². The maximum Gasteiger partial charge on any atom is 0.140 e. The monoisotopic (exact) mass is 195 g/mol. The van der Waals surface area contributed by atoms with Crippen molar-refractivity contribution >= 4 is 5.69 Å². The van der Waals surface area contributed by atoms with Crippen LogP contribution in [0.2, 0.25) is 0 Å². The number of furan rings is 1. The summed E-state index contributed by atoms with van der Waals surface area (Å²) in [7, 11) is 2.15. The highest BCUT2D eigenvalue weighted by Crippen LogP contribution is 2.15. The molecule has 0 aliphatic carbocycles. The number of nitrogen functional groups attached to an aromatic ring is 1. The highest BCUT2D eigenvalue weighted by molar-refractivity contribution is 5.40. The van der Waals surface area contributed by atoms with Crippen LogP contribution in [0.15, 0.2) is 16.7 Å². The molecule has 0 aromatic carbocycles. The lowest BCUT2D eigenvalue weighted by molar-refractivity contribution is 0.140. The summed E-state index contributed by atoms with van der Waals surface area (Å²) in [6.07, 6.45) is 1.65. The van der Waals surface area contributed by atoms with Gasteiger partial charge in [0.2, 0.25) is 0 Å². The van der Waals surface area contributed by atoms with Gasteiger partial charge in [0.1, 0.15) is 5.76 Å². The molecule has 1 aliphatic rings. The average molecular weight is 195 g/mol. The molecule has 0 atom stereocenters. The van der Waals surface area contributed by atoms with E-state index in [2.05, 4.69) is 16.8 Å². The zero-order valence-corrected chi connectivity index (χ0v) is 8.57. The number of likely N-dealkylation sites (N-methyl/N-ethyl adjacent to an activating group) is 1. The third-order valence-electron chi connectivity index (χ3n) is 2.74. The van der Waals surface area contributed by atoms with E-state index in [0.29, 0.717) is 0 Å². The third-order valence-corrected chi connectivity index (χ3v) is 2.74. The molecule has 0 unspecified atom stereocenters. The average Bonchev–Trinajstić information content (AvgIpc) is 2.56. The van der Waals surface area contributed by atoms with Gasteiger partial charge in [0.05, 0.1) is 18.5 Å². The van der Waals surface area contributed by atoms with E-state index in [1.807, 2.05) is 6.07 Å². The lowest BCUT2D eigenvalue weighted by Gasteiger charge is -2.31. The van der Waals surface area contributed by atoms with Gasteiger partial charge in [-0.05, 0) is 13.1 Å². The number of piperazine rings is 1. The Balaban J connectivity index is 1.89. The van der Waals surface area contributed by atoms with Crippen molar-refractivity contribution in [2.75, 3.05) is 39.0 Å².